The van der Waals surface area contributed by atoms with Crippen LogP contribution in [0.15, 0.2) is 47.4 Å². The maximum absolute atomic E-state index is 12.9. The lowest BCUT2D eigenvalue weighted by atomic mass is 10.1. The van der Waals surface area contributed by atoms with E-state index in [0.29, 0.717) is 5.56 Å². The fraction of sp³-hybridized carbons (Fsp3) is 0.133. The third kappa shape index (κ3) is 2.49. The number of nitrogens with zero attached hydrogens (tertiary/aromatic N) is 1. The zero-order valence-electron chi connectivity index (χ0n) is 10.5. The summed E-state index contributed by atoms with van der Waals surface area (Å²) in [4.78, 5) is 11.9. The lowest BCUT2D eigenvalue weighted by Crippen LogP contribution is -2.09. The van der Waals surface area contributed by atoms with Crippen LogP contribution < -0.4 is 4.31 Å². The van der Waals surface area contributed by atoms with Crippen molar-refractivity contribution >= 4 is 23.6 Å². The van der Waals surface area contributed by atoms with Crippen molar-refractivity contribution < 1.29 is 14.3 Å². The molecule has 102 valence electrons. The largest absolute Gasteiger partial charge is 0.478 e. The number of hydrogen-bond donors (Lipinski definition) is 1. The molecule has 0 saturated carbocycles. The van der Waals surface area contributed by atoms with Crippen molar-refractivity contribution in [1.82, 2.24) is 0 Å². The van der Waals surface area contributed by atoms with E-state index in [0.717, 1.165) is 29.1 Å². The average Bonchev–Trinajstić information content (AvgIpc) is 2.84. The summed E-state index contributed by atoms with van der Waals surface area (Å²) in [5, 5.41) is 8.99. The summed E-state index contributed by atoms with van der Waals surface area (Å²) in [5.41, 5.74) is 2.39. The van der Waals surface area contributed by atoms with Gasteiger partial charge in [-0.25, -0.2) is 9.18 Å². The van der Waals surface area contributed by atoms with E-state index in [1.165, 1.54) is 24.1 Å². The van der Waals surface area contributed by atoms with Gasteiger partial charge in [0, 0.05) is 11.4 Å². The molecule has 0 fully saturated rings. The summed E-state index contributed by atoms with van der Waals surface area (Å²) < 4.78 is 15.0. The number of halogens is 1. The molecule has 0 aliphatic carbocycles. The molecule has 0 atom stereocenters. The maximum Gasteiger partial charge on any atom is 0.335 e. The van der Waals surface area contributed by atoms with E-state index in [1.807, 2.05) is 6.07 Å². The molecule has 20 heavy (non-hydrogen) atoms. The molecular formula is C15H12FNO2S. The number of benzene rings is 2. The quantitative estimate of drug-likeness (QED) is 0.877. The third-order valence-corrected chi connectivity index (χ3v) is 4.29. The van der Waals surface area contributed by atoms with E-state index in [4.69, 9.17) is 5.11 Å². The van der Waals surface area contributed by atoms with Crippen LogP contribution in [0.2, 0.25) is 0 Å². The Morgan fingerprint density at radius 1 is 1.20 bits per heavy atom. The maximum atomic E-state index is 12.9. The van der Waals surface area contributed by atoms with Gasteiger partial charge in [0.1, 0.15) is 5.82 Å². The van der Waals surface area contributed by atoms with Crippen LogP contribution in [-0.2, 0) is 6.42 Å². The summed E-state index contributed by atoms with van der Waals surface area (Å²) in [7, 11) is 0. The SMILES string of the molecule is O=C(O)c1ccc2c(c1)CCN2Sc1ccc(F)cc1. The number of carboxylic acids is 1. The van der Waals surface area contributed by atoms with Crippen molar-refractivity contribution in [1.29, 1.82) is 0 Å². The van der Waals surface area contributed by atoms with Crippen molar-refractivity contribution in [2.75, 3.05) is 10.8 Å². The standard InChI is InChI=1S/C15H12FNO2S/c16-12-2-4-13(5-3-12)20-17-8-7-10-9-11(15(18)19)1-6-14(10)17/h1-6,9H,7-8H2,(H,18,19). The minimum Gasteiger partial charge on any atom is -0.478 e. The molecule has 3 rings (SSSR count). The first-order chi connectivity index (χ1) is 9.63. The predicted molar refractivity (Wildman–Crippen MR) is 76.7 cm³/mol. The fourth-order valence-corrected chi connectivity index (χ4v) is 3.19. The summed E-state index contributed by atoms with van der Waals surface area (Å²) in [6.45, 7) is 0.820. The fourth-order valence-electron chi connectivity index (χ4n) is 2.22. The van der Waals surface area contributed by atoms with Gasteiger partial charge in [0.05, 0.1) is 11.3 Å². The van der Waals surface area contributed by atoms with Crippen molar-refractivity contribution in [3.63, 3.8) is 0 Å². The highest BCUT2D eigenvalue weighted by Gasteiger charge is 2.21. The van der Waals surface area contributed by atoms with Crippen LogP contribution in [0, 0.1) is 5.82 Å². The van der Waals surface area contributed by atoms with Gasteiger partial charge in [-0.3, -0.25) is 0 Å². The molecule has 3 nitrogen and oxygen atoms in total. The molecule has 2 aromatic carbocycles. The minimum absolute atomic E-state index is 0.248. The van der Waals surface area contributed by atoms with Crippen LogP contribution in [0.4, 0.5) is 10.1 Å². The highest BCUT2D eigenvalue weighted by atomic mass is 32.2. The van der Waals surface area contributed by atoms with Gasteiger partial charge in [-0.15, -0.1) is 0 Å². The second-order valence-electron chi connectivity index (χ2n) is 4.55. The molecule has 0 spiro atoms. The molecule has 0 saturated heterocycles. The van der Waals surface area contributed by atoms with Crippen LogP contribution in [0.1, 0.15) is 15.9 Å². The molecule has 1 aliphatic heterocycles. The van der Waals surface area contributed by atoms with Crippen molar-refractivity contribution in [2.24, 2.45) is 0 Å². The summed E-state index contributed by atoms with van der Waals surface area (Å²) in [5.74, 6) is -1.15. The molecule has 2 aromatic rings. The lowest BCUT2D eigenvalue weighted by molar-refractivity contribution is 0.0697. The van der Waals surface area contributed by atoms with E-state index < -0.39 is 5.97 Å². The first kappa shape index (κ1) is 13.0. The third-order valence-electron chi connectivity index (χ3n) is 3.21. The summed E-state index contributed by atoms with van der Waals surface area (Å²) in [6.07, 6.45) is 0.824. The van der Waals surface area contributed by atoms with Gasteiger partial charge in [-0.2, -0.15) is 0 Å². The van der Waals surface area contributed by atoms with Crippen LogP contribution in [0.3, 0.4) is 0 Å². The number of aromatic carboxylic acids is 1. The molecule has 0 amide bonds. The Bertz CT molecular complexity index is 657. The van der Waals surface area contributed by atoms with Crippen LogP contribution >= 0.6 is 11.9 Å². The zero-order chi connectivity index (χ0) is 14.1. The molecule has 0 radical (unpaired) electrons. The first-order valence-electron chi connectivity index (χ1n) is 6.21. The molecular weight excluding hydrogens is 277 g/mol. The van der Waals surface area contributed by atoms with Crippen molar-refractivity contribution in [3.05, 3.63) is 59.4 Å². The molecule has 1 aliphatic rings. The Hall–Kier alpha value is -2.01. The summed E-state index contributed by atoms with van der Waals surface area (Å²) in [6, 6.07) is 11.5. The molecule has 1 N–H and O–H groups in total. The van der Waals surface area contributed by atoms with Crippen LogP contribution in [0.25, 0.3) is 0 Å². The number of anilines is 1. The Balaban J connectivity index is 1.82. The lowest BCUT2D eigenvalue weighted by Gasteiger charge is -2.17. The van der Waals surface area contributed by atoms with Crippen molar-refractivity contribution in [2.45, 2.75) is 11.3 Å². The predicted octanol–water partition coefficient (Wildman–Crippen LogP) is 3.59. The highest BCUT2D eigenvalue weighted by Crippen LogP contribution is 2.36. The molecule has 0 bridgehead atoms. The molecule has 0 unspecified atom stereocenters. The van der Waals surface area contributed by atoms with Crippen molar-refractivity contribution in [3.8, 4) is 0 Å². The van der Waals surface area contributed by atoms with E-state index in [2.05, 4.69) is 4.31 Å². The topological polar surface area (TPSA) is 40.5 Å². The molecule has 5 heteroatoms. The molecule has 1 heterocycles. The van der Waals surface area contributed by atoms with E-state index in [1.54, 1.807) is 24.3 Å². The van der Waals surface area contributed by atoms with Gasteiger partial charge < -0.3 is 9.41 Å². The van der Waals surface area contributed by atoms with E-state index >= 15 is 0 Å². The van der Waals surface area contributed by atoms with Crippen LogP contribution in [-0.4, -0.2) is 17.6 Å². The smallest absolute Gasteiger partial charge is 0.335 e. The highest BCUT2D eigenvalue weighted by molar-refractivity contribution is 8.00. The van der Waals surface area contributed by atoms with Gasteiger partial charge in [0.15, 0.2) is 0 Å². The van der Waals surface area contributed by atoms with Gasteiger partial charge in [0.25, 0.3) is 0 Å². The number of rotatable bonds is 3. The number of hydrogen-bond acceptors (Lipinski definition) is 3. The van der Waals surface area contributed by atoms with Crippen LogP contribution in [0.5, 0.6) is 0 Å². The number of carboxylic acid groups (broad SMARTS) is 1. The Kier molecular flexibility index (Phi) is 3.36. The van der Waals surface area contributed by atoms with Gasteiger partial charge in [0.2, 0.25) is 0 Å². The Labute approximate surface area is 120 Å². The normalized spacial score (nSPS) is 13.3. The van der Waals surface area contributed by atoms with Gasteiger partial charge in [-0.1, -0.05) is 0 Å². The minimum atomic E-state index is -0.905. The second kappa shape index (κ2) is 5.17. The van der Waals surface area contributed by atoms with E-state index in [-0.39, 0.29) is 5.82 Å². The number of carbonyl (C=O) groups is 1. The molecule has 0 aromatic heterocycles. The average molecular weight is 289 g/mol. The van der Waals surface area contributed by atoms with Gasteiger partial charge >= 0.3 is 5.97 Å². The first-order valence-corrected chi connectivity index (χ1v) is 6.98. The van der Waals surface area contributed by atoms with Gasteiger partial charge in [-0.05, 0) is 66.4 Å². The Morgan fingerprint density at radius 3 is 2.65 bits per heavy atom. The van der Waals surface area contributed by atoms with E-state index in [9.17, 15) is 9.18 Å². The number of fused-ring (bicyclic) bond motifs is 1. The Morgan fingerprint density at radius 2 is 1.95 bits per heavy atom. The monoisotopic (exact) mass is 289 g/mol. The summed E-state index contributed by atoms with van der Waals surface area (Å²) >= 11 is 1.54. The second-order valence-corrected chi connectivity index (χ2v) is 5.64. The zero-order valence-corrected chi connectivity index (χ0v) is 11.4.